The first-order valence-electron chi connectivity index (χ1n) is 6.95. The molecule has 0 saturated carbocycles. The molecule has 8 heteroatoms. The van der Waals surface area contributed by atoms with E-state index in [9.17, 15) is 26.7 Å². The van der Waals surface area contributed by atoms with Gasteiger partial charge in [0.25, 0.3) is 5.91 Å². The predicted octanol–water partition coefficient (Wildman–Crippen LogP) is 2.60. The zero-order valence-corrected chi connectivity index (χ0v) is 11.7. The number of nitrogens with zero attached hydrogens (tertiary/aromatic N) is 1. The summed E-state index contributed by atoms with van der Waals surface area (Å²) in [5.41, 5.74) is -1.45. The van der Waals surface area contributed by atoms with Crippen LogP contribution >= 0.6 is 0 Å². The number of carbonyl (C=O) groups is 1. The van der Waals surface area contributed by atoms with E-state index in [0.29, 0.717) is 6.54 Å². The Morgan fingerprint density at radius 3 is 1.91 bits per heavy atom. The molecule has 0 radical (unpaired) electrons. The van der Waals surface area contributed by atoms with Gasteiger partial charge in [0.2, 0.25) is 5.82 Å². The molecule has 1 aliphatic rings. The molecule has 1 heterocycles. The van der Waals surface area contributed by atoms with Crippen molar-refractivity contribution in [3.05, 3.63) is 34.6 Å². The number of nitrogens with one attached hydrogen (secondary N) is 1. The third-order valence-electron chi connectivity index (χ3n) is 3.60. The lowest BCUT2D eigenvalue weighted by atomic mass is 10.1. The predicted molar refractivity (Wildman–Crippen MR) is 68.9 cm³/mol. The van der Waals surface area contributed by atoms with Crippen LogP contribution in [0.4, 0.5) is 22.0 Å². The Hall–Kier alpha value is -1.70. The van der Waals surface area contributed by atoms with Crippen molar-refractivity contribution in [3.8, 4) is 0 Å². The van der Waals surface area contributed by atoms with Crippen LogP contribution in [-0.2, 0) is 0 Å². The highest BCUT2D eigenvalue weighted by molar-refractivity contribution is 5.94. The SMILES string of the molecule is O=C(NCCN1CCCCC1)c1c(F)c(F)c(F)c(F)c1F. The van der Waals surface area contributed by atoms with E-state index in [1.54, 1.807) is 0 Å². The molecule has 22 heavy (non-hydrogen) atoms. The van der Waals surface area contributed by atoms with Gasteiger partial charge in [-0.2, -0.15) is 0 Å². The van der Waals surface area contributed by atoms with Crippen LogP contribution in [0.3, 0.4) is 0 Å². The van der Waals surface area contributed by atoms with Crippen LogP contribution < -0.4 is 5.32 Å². The largest absolute Gasteiger partial charge is 0.351 e. The fourth-order valence-corrected chi connectivity index (χ4v) is 2.40. The van der Waals surface area contributed by atoms with Gasteiger partial charge in [0, 0.05) is 13.1 Å². The highest BCUT2D eigenvalue weighted by Crippen LogP contribution is 2.22. The molecule has 0 spiro atoms. The fourth-order valence-electron chi connectivity index (χ4n) is 2.40. The second-order valence-electron chi connectivity index (χ2n) is 5.10. The minimum absolute atomic E-state index is 0.0678. The van der Waals surface area contributed by atoms with Gasteiger partial charge in [-0.25, -0.2) is 22.0 Å². The van der Waals surface area contributed by atoms with Gasteiger partial charge in [-0.3, -0.25) is 4.79 Å². The standard InChI is InChI=1S/C14H15F5N2O/c15-9-8(10(16)12(18)13(19)11(9)17)14(22)20-4-7-21-5-2-1-3-6-21/h1-7H2,(H,20,22). The molecule has 1 saturated heterocycles. The fraction of sp³-hybridized carbons (Fsp3) is 0.500. The monoisotopic (exact) mass is 322 g/mol. The van der Waals surface area contributed by atoms with Gasteiger partial charge in [0.15, 0.2) is 23.3 Å². The third kappa shape index (κ3) is 3.37. The molecular weight excluding hydrogens is 307 g/mol. The number of amides is 1. The minimum Gasteiger partial charge on any atom is -0.351 e. The van der Waals surface area contributed by atoms with E-state index in [1.165, 1.54) is 0 Å². The van der Waals surface area contributed by atoms with Crippen molar-refractivity contribution in [1.82, 2.24) is 10.2 Å². The Labute approximate surface area is 124 Å². The summed E-state index contributed by atoms with van der Waals surface area (Å²) in [7, 11) is 0. The maximum absolute atomic E-state index is 13.4. The topological polar surface area (TPSA) is 32.3 Å². The number of hydrogen-bond acceptors (Lipinski definition) is 2. The highest BCUT2D eigenvalue weighted by atomic mass is 19.2. The van der Waals surface area contributed by atoms with E-state index in [2.05, 4.69) is 10.2 Å². The molecule has 1 aliphatic heterocycles. The molecule has 1 fully saturated rings. The van der Waals surface area contributed by atoms with E-state index < -0.39 is 40.6 Å². The first kappa shape index (κ1) is 16.7. The zero-order chi connectivity index (χ0) is 16.3. The van der Waals surface area contributed by atoms with E-state index in [-0.39, 0.29) is 6.54 Å². The number of rotatable bonds is 4. The Balaban J connectivity index is 2.03. The van der Waals surface area contributed by atoms with Crippen LogP contribution in [0, 0.1) is 29.1 Å². The van der Waals surface area contributed by atoms with Crippen LogP contribution in [-0.4, -0.2) is 37.0 Å². The summed E-state index contributed by atoms with van der Waals surface area (Å²) in [6.07, 6.45) is 3.20. The van der Waals surface area contributed by atoms with Crippen molar-refractivity contribution in [2.24, 2.45) is 0 Å². The summed E-state index contributed by atoms with van der Waals surface area (Å²) in [6.45, 7) is 2.25. The third-order valence-corrected chi connectivity index (χ3v) is 3.60. The highest BCUT2D eigenvalue weighted by Gasteiger charge is 2.29. The number of benzene rings is 1. The quantitative estimate of drug-likeness (QED) is 0.525. The number of carbonyl (C=O) groups excluding carboxylic acids is 1. The van der Waals surface area contributed by atoms with Gasteiger partial charge in [-0.05, 0) is 25.9 Å². The van der Waals surface area contributed by atoms with Crippen molar-refractivity contribution in [2.45, 2.75) is 19.3 Å². The maximum atomic E-state index is 13.4. The smallest absolute Gasteiger partial charge is 0.257 e. The van der Waals surface area contributed by atoms with E-state index in [1.807, 2.05) is 0 Å². The molecule has 122 valence electrons. The van der Waals surface area contributed by atoms with Crippen LogP contribution in [0.1, 0.15) is 29.6 Å². The van der Waals surface area contributed by atoms with Gasteiger partial charge in [0.1, 0.15) is 5.56 Å². The Morgan fingerprint density at radius 2 is 1.36 bits per heavy atom. The zero-order valence-electron chi connectivity index (χ0n) is 11.7. The van der Waals surface area contributed by atoms with Crippen molar-refractivity contribution >= 4 is 5.91 Å². The lowest BCUT2D eigenvalue weighted by Gasteiger charge is -2.26. The number of likely N-dealkylation sites (tertiary alicyclic amines) is 1. The van der Waals surface area contributed by atoms with Crippen LogP contribution in [0.25, 0.3) is 0 Å². The van der Waals surface area contributed by atoms with E-state index in [0.717, 1.165) is 32.4 Å². The molecule has 1 aromatic rings. The lowest BCUT2D eigenvalue weighted by Crippen LogP contribution is -2.38. The van der Waals surface area contributed by atoms with Gasteiger partial charge in [-0.1, -0.05) is 6.42 Å². The molecule has 0 unspecified atom stereocenters. The molecule has 0 bridgehead atoms. The van der Waals surface area contributed by atoms with Crippen LogP contribution in [0.2, 0.25) is 0 Å². The minimum atomic E-state index is -2.28. The number of piperidine rings is 1. The second-order valence-corrected chi connectivity index (χ2v) is 5.10. The van der Waals surface area contributed by atoms with Crippen molar-refractivity contribution in [1.29, 1.82) is 0 Å². The van der Waals surface area contributed by atoms with Crippen LogP contribution in [0.5, 0.6) is 0 Å². The molecule has 0 aromatic heterocycles. The average molecular weight is 322 g/mol. The van der Waals surface area contributed by atoms with Gasteiger partial charge in [0.05, 0.1) is 0 Å². The first-order chi connectivity index (χ1) is 10.4. The molecule has 0 atom stereocenters. The Bertz CT molecular complexity index is 544. The Morgan fingerprint density at radius 1 is 0.864 bits per heavy atom. The molecule has 1 N–H and O–H groups in total. The molecule has 0 aliphatic carbocycles. The number of halogens is 5. The normalized spacial score (nSPS) is 15.9. The first-order valence-corrected chi connectivity index (χ1v) is 6.95. The van der Waals surface area contributed by atoms with Gasteiger partial charge >= 0.3 is 0 Å². The van der Waals surface area contributed by atoms with Gasteiger partial charge < -0.3 is 10.2 Å². The van der Waals surface area contributed by atoms with Crippen molar-refractivity contribution in [2.75, 3.05) is 26.2 Å². The van der Waals surface area contributed by atoms with Crippen molar-refractivity contribution < 1.29 is 26.7 Å². The Kier molecular flexibility index (Phi) is 5.33. The van der Waals surface area contributed by atoms with Crippen LogP contribution in [0.15, 0.2) is 0 Å². The second kappa shape index (κ2) is 7.04. The molecule has 1 amide bonds. The van der Waals surface area contributed by atoms with E-state index >= 15 is 0 Å². The molecule has 3 nitrogen and oxygen atoms in total. The van der Waals surface area contributed by atoms with Crippen molar-refractivity contribution in [3.63, 3.8) is 0 Å². The van der Waals surface area contributed by atoms with E-state index in [4.69, 9.17) is 0 Å². The maximum Gasteiger partial charge on any atom is 0.257 e. The average Bonchev–Trinajstić information content (AvgIpc) is 2.52. The summed E-state index contributed by atoms with van der Waals surface area (Å²) < 4.78 is 65.8. The summed E-state index contributed by atoms with van der Waals surface area (Å²) in [4.78, 5) is 13.7. The summed E-state index contributed by atoms with van der Waals surface area (Å²) in [5.74, 6) is -12.1. The summed E-state index contributed by atoms with van der Waals surface area (Å²) >= 11 is 0. The molecule has 1 aromatic carbocycles. The number of hydrogen-bond donors (Lipinski definition) is 1. The molecular formula is C14H15F5N2O. The molecule has 2 rings (SSSR count). The summed E-state index contributed by atoms with van der Waals surface area (Å²) in [6, 6.07) is 0. The summed E-state index contributed by atoms with van der Waals surface area (Å²) in [5, 5.41) is 2.19. The van der Waals surface area contributed by atoms with Gasteiger partial charge in [-0.15, -0.1) is 0 Å². The lowest BCUT2D eigenvalue weighted by molar-refractivity contribution is 0.0935.